The average Bonchev–Trinajstić information content (AvgIpc) is 2.19. The van der Waals surface area contributed by atoms with Crippen molar-refractivity contribution in [1.82, 2.24) is 0 Å². The third-order valence-corrected chi connectivity index (χ3v) is 2.20. The number of hydrogen-bond acceptors (Lipinski definition) is 3. The monoisotopic (exact) mass is 210 g/mol. The standard InChI is InChI=1S/C10H10OS2/c1-11-10(13)7-9(12)8-5-3-2-4-6-8/h2-7,12H,1H3/b9-7-. The lowest BCUT2D eigenvalue weighted by atomic mass is 10.2. The fourth-order valence-corrected chi connectivity index (χ4v) is 1.33. The zero-order chi connectivity index (χ0) is 9.68. The molecule has 0 saturated heterocycles. The molecule has 0 aliphatic heterocycles. The fraction of sp³-hybridized carbons (Fsp3) is 0.100. The Bertz CT molecular complexity index is 317. The highest BCUT2D eigenvalue weighted by molar-refractivity contribution is 7.90. The molecule has 0 saturated carbocycles. The summed E-state index contributed by atoms with van der Waals surface area (Å²) in [6.07, 6.45) is 1.72. The number of benzene rings is 1. The van der Waals surface area contributed by atoms with Crippen LogP contribution in [0.25, 0.3) is 4.91 Å². The Labute approximate surface area is 88.8 Å². The highest BCUT2D eigenvalue weighted by Crippen LogP contribution is 2.17. The summed E-state index contributed by atoms with van der Waals surface area (Å²) < 4.78 is 4.85. The number of methoxy groups -OCH3 is 1. The van der Waals surface area contributed by atoms with E-state index in [0.29, 0.717) is 5.05 Å². The fourth-order valence-electron chi connectivity index (χ4n) is 0.863. The molecule has 0 spiro atoms. The van der Waals surface area contributed by atoms with Gasteiger partial charge < -0.3 is 4.74 Å². The number of rotatable bonds is 2. The highest BCUT2D eigenvalue weighted by Gasteiger charge is 1.96. The van der Waals surface area contributed by atoms with Crippen LogP contribution in [-0.2, 0) is 4.74 Å². The molecule has 3 heteroatoms. The van der Waals surface area contributed by atoms with Crippen LogP contribution in [0.1, 0.15) is 5.56 Å². The summed E-state index contributed by atoms with van der Waals surface area (Å²) in [5.74, 6) is 0. The minimum absolute atomic E-state index is 0.439. The van der Waals surface area contributed by atoms with E-state index in [-0.39, 0.29) is 0 Å². The van der Waals surface area contributed by atoms with Crippen molar-refractivity contribution in [3.8, 4) is 0 Å². The molecule has 0 atom stereocenters. The van der Waals surface area contributed by atoms with Crippen molar-refractivity contribution in [3.05, 3.63) is 42.0 Å². The molecule has 0 unspecified atom stereocenters. The predicted octanol–water partition coefficient (Wildman–Crippen LogP) is 2.93. The topological polar surface area (TPSA) is 9.23 Å². The van der Waals surface area contributed by atoms with Crippen LogP contribution >= 0.6 is 24.8 Å². The molecule has 0 aromatic heterocycles. The summed E-state index contributed by atoms with van der Waals surface area (Å²) in [5, 5.41) is 0.439. The first-order chi connectivity index (χ1) is 6.24. The van der Waals surface area contributed by atoms with Gasteiger partial charge in [-0.25, -0.2) is 0 Å². The summed E-state index contributed by atoms with van der Waals surface area (Å²) >= 11 is 9.19. The minimum atomic E-state index is 0.439. The summed E-state index contributed by atoms with van der Waals surface area (Å²) in [4.78, 5) is 0.812. The molecule has 0 bridgehead atoms. The molecular formula is C10H10OS2. The third-order valence-electron chi connectivity index (χ3n) is 1.53. The van der Waals surface area contributed by atoms with Crippen molar-refractivity contribution in [1.29, 1.82) is 0 Å². The molecule has 0 amide bonds. The van der Waals surface area contributed by atoms with Gasteiger partial charge in [0.05, 0.1) is 7.11 Å². The van der Waals surface area contributed by atoms with Gasteiger partial charge >= 0.3 is 0 Å². The first-order valence-corrected chi connectivity index (χ1v) is 4.63. The van der Waals surface area contributed by atoms with Gasteiger partial charge in [-0.05, 0) is 17.8 Å². The molecule has 0 fully saturated rings. The summed E-state index contributed by atoms with van der Waals surface area (Å²) in [6.45, 7) is 0. The first-order valence-electron chi connectivity index (χ1n) is 3.78. The van der Waals surface area contributed by atoms with E-state index in [4.69, 9.17) is 17.0 Å². The first kappa shape index (κ1) is 10.3. The molecule has 1 aromatic rings. The van der Waals surface area contributed by atoms with Crippen molar-refractivity contribution in [2.75, 3.05) is 7.11 Å². The van der Waals surface area contributed by atoms with Crippen LogP contribution in [0.15, 0.2) is 36.4 Å². The smallest absolute Gasteiger partial charge is 0.184 e. The highest BCUT2D eigenvalue weighted by atomic mass is 32.1. The van der Waals surface area contributed by atoms with Crippen molar-refractivity contribution < 1.29 is 4.74 Å². The summed E-state index contributed by atoms with van der Waals surface area (Å²) in [5.41, 5.74) is 1.03. The van der Waals surface area contributed by atoms with Crippen LogP contribution in [0.3, 0.4) is 0 Å². The van der Waals surface area contributed by atoms with Crippen LogP contribution in [0.2, 0.25) is 0 Å². The van der Waals surface area contributed by atoms with Gasteiger partial charge in [0.2, 0.25) is 0 Å². The molecule has 1 rings (SSSR count). The Morgan fingerprint density at radius 3 is 2.54 bits per heavy atom. The number of ether oxygens (including phenoxy) is 1. The zero-order valence-corrected chi connectivity index (χ0v) is 8.94. The van der Waals surface area contributed by atoms with Crippen LogP contribution < -0.4 is 0 Å². The minimum Gasteiger partial charge on any atom is -0.487 e. The van der Waals surface area contributed by atoms with Crippen molar-refractivity contribution in [2.24, 2.45) is 0 Å². The van der Waals surface area contributed by atoms with Crippen LogP contribution in [-0.4, -0.2) is 12.2 Å². The maximum absolute atomic E-state index is 4.88. The molecule has 0 radical (unpaired) electrons. The molecule has 68 valence electrons. The van der Waals surface area contributed by atoms with E-state index in [1.165, 1.54) is 0 Å². The van der Waals surface area contributed by atoms with E-state index in [1.54, 1.807) is 13.2 Å². The molecular weight excluding hydrogens is 200 g/mol. The van der Waals surface area contributed by atoms with Crippen LogP contribution in [0.5, 0.6) is 0 Å². The van der Waals surface area contributed by atoms with Gasteiger partial charge in [-0.2, -0.15) is 0 Å². The Hall–Kier alpha value is -0.800. The van der Waals surface area contributed by atoms with Gasteiger partial charge in [-0.1, -0.05) is 30.3 Å². The van der Waals surface area contributed by atoms with Gasteiger partial charge in [-0.15, -0.1) is 12.6 Å². The molecule has 13 heavy (non-hydrogen) atoms. The van der Waals surface area contributed by atoms with Crippen molar-refractivity contribution in [3.63, 3.8) is 0 Å². The van der Waals surface area contributed by atoms with E-state index in [0.717, 1.165) is 10.5 Å². The summed E-state index contributed by atoms with van der Waals surface area (Å²) in [7, 11) is 1.55. The van der Waals surface area contributed by atoms with Crippen molar-refractivity contribution >= 4 is 34.8 Å². The molecule has 0 heterocycles. The SMILES string of the molecule is COC(=S)/C=C(\S)c1ccccc1. The second kappa shape index (κ2) is 5.04. The van der Waals surface area contributed by atoms with E-state index >= 15 is 0 Å². The second-order valence-electron chi connectivity index (χ2n) is 2.42. The quantitative estimate of drug-likeness (QED) is 0.456. The summed E-state index contributed by atoms with van der Waals surface area (Å²) in [6, 6.07) is 9.80. The van der Waals surface area contributed by atoms with Crippen LogP contribution in [0.4, 0.5) is 0 Å². The van der Waals surface area contributed by atoms with E-state index in [9.17, 15) is 0 Å². The number of thiocarbonyl (C=S) groups is 1. The Morgan fingerprint density at radius 2 is 2.00 bits per heavy atom. The van der Waals surface area contributed by atoms with E-state index in [1.807, 2.05) is 30.3 Å². The number of hydrogen-bond donors (Lipinski definition) is 1. The predicted molar refractivity (Wildman–Crippen MR) is 63.0 cm³/mol. The average molecular weight is 210 g/mol. The lowest BCUT2D eigenvalue weighted by molar-refractivity contribution is 0.418. The zero-order valence-electron chi connectivity index (χ0n) is 7.23. The van der Waals surface area contributed by atoms with Gasteiger partial charge in [-0.3, -0.25) is 0 Å². The Morgan fingerprint density at radius 1 is 1.38 bits per heavy atom. The van der Waals surface area contributed by atoms with E-state index < -0.39 is 0 Å². The lowest BCUT2D eigenvalue weighted by Crippen LogP contribution is -1.91. The molecule has 0 aliphatic carbocycles. The molecule has 0 aliphatic rings. The van der Waals surface area contributed by atoms with Gasteiger partial charge in [0.1, 0.15) is 0 Å². The van der Waals surface area contributed by atoms with Crippen LogP contribution in [0, 0.1) is 0 Å². The maximum Gasteiger partial charge on any atom is 0.184 e. The van der Waals surface area contributed by atoms with Gasteiger partial charge in [0.25, 0.3) is 0 Å². The van der Waals surface area contributed by atoms with Gasteiger partial charge in [0.15, 0.2) is 5.05 Å². The lowest BCUT2D eigenvalue weighted by Gasteiger charge is -2.00. The van der Waals surface area contributed by atoms with Crippen molar-refractivity contribution in [2.45, 2.75) is 0 Å². The third kappa shape index (κ3) is 3.20. The second-order valence-corrected chi connectivity index (χ2v) is 3.30. The Balaban J connectivity index is 2.85. The number of thiol groups is 1. The normalized spacial score (nSPS) is 11.1. The molecule has 1 aromatic carbocycles. The van der Waals surface area contributed by atoms with Gasteiger partial charge in [0, 0.05) is 11.0 Å². The van der Waals surface area contributed by atoms with E-state index in [2.05, 4.69) is 12.6 Å². The Kier molecular flexibility index (Phi) is 3.99. The molecule has 1 nitrogen and oxygen atoms in total. The largest absolute Gasteiger partial charge is 0.487 e. The maximum atomic E-state index is 4.88. The molecule has 0 N–H and O–H groups in total.